The quantitative estimate of drug-likeness (QED) is 0.194. The second-order valence-electron chi connectivity index (χ2n) is 12.0. The third-order valence-corrected chi connectivity index (χ3v) is 10.3. The van der Waals surface area contributed by atoms with E-state index in [4.69, 9.17) is 19.4 Å². The molecule has 0 spiro atoms. The molecule has 0 aliphatic heterocycles. The fourth-order valence-electron chi connectivity index (χ4n) is 6.74. The summed E-state index contributed by atoms with van der Waals surface area (Å²) in [5.41, 5.74) is 6.78. The van der Waals surface area contributed by atoms with E-state index in [2.05, 4.69) is 121 Å². The summed E-state index contributed by atoms with van der Waals surface area (Å²) in [5, 5.41) is 7.06. The summed E-state index contributed by atoms with van der Waals surface area (Å²) in [6, 6.07) is 52.7. The van der Waals surface area contributed by atoms with Gasteiger partial charge < -0.3 is 4.42 Å². The zero-order valence-corrected chi connectivity index (χ0v) is 26.4. The van der Waals surface area contributed by atoms with Gasteiger partial charge in [-0.15, -0.1) is 11.3 Å². The van der Waals surface area contributed by atoms with Crippen LogP contribution in [0, 0.1) is 0 Å². The molecule has 3 heterocycles. The third-order valence-electron chi connectivity index (χ3n) is 9.12. The highest BCUT2D eigenvalue weighted by molar-refractivity contribution is 7.26. The Morgan fingerprint density at radius 1 is 0.396 bits per heavy atom. The molecule has 224 valence electrons. The summed E-state index contributed by atoms with van der Waals surface area (Å²) in [6.07, 6.45) is 0. The highest BCUT2D eigenvalue weighted by atomic mass is 32.1. The largest absolute Gasteiger partial charge is 0.456 e. The van der Waals surface area contributed by atoms with E-state index in [9.17, 15) is 0 Å². The van der Waals surface area contributed by atoms with Crippen molar-refractivity contribution in [2.75, 3.05) is 0 Å². The Morgan fingerprint density at radius 3 is 1.81 bits per heavy atom. The molecule has 0 N–H and O–H groups in total. The van der Waals surface area contributed by atoms with Crippen molar-refractivity contribution in [2.45, 2.75) is 0 Å². The van der Waals surface area contributed by atoms with Crippen molar-refractivity contribution in [2.24, 2.45) is 0 Å². The molecule has 0 radical (unpaired) electrons. The molecule has 0 atom stereocenters. The van der Waals surface area contributed by atoms with Gasteiger partial charge in [-0.3, -0.25) is 0 Å². The molecule has 4 nitrogen and oxygen atoms in total. The Bertz CT molecular complexity index is 2850. The number of hydrogen-bond donors (Lipinski definition) is 0. The standard InChI is InChI=1S/C43H25N3OS/c1-2-10-27(11-3-1)41-44-42(30-18-17-26-9-4-5-12-28(26)23-30)46-43(45-41)31-20-22-34-33-21-19-29(24-37(33)47-38(34)25-31)32-14-8-15-36-35-13-6-7-16-39(35)48-40(32)36/h1-25H. The van der Waals surface area contributed by atoms with Gasteiger partial charge in [0.25, 0.3) is 0 Å². The maximum Gasteiger partial charge on any atom is 0.164 e. The number of fused-ring (bicyclic) bond motifs is 7. The van der Waals surface area contributed by atoms with Crippen molar-refractivity contribution >= 4 is 64.2 Å². The molecule has 0 aliphatic rings. The van der Waals surface area contributed by atoms with E-state index in [1.54, 1.807) is 0 Å². The molecule has 0 amide bonds. The van der Waals surface area contributed by atoms with E-state index in [0.29, 0.717) is 17.5 Å². The first-order chi connectivity index (χ1) is 23.7. The summed E-state index contributed by atoms with van der Waals surface area (Å²) in [7, 11) is 0. The smallest absolute Gasteiger partial charge is 0.164 e. The molecule has 7 aromatic carbocycles. The van der Waals surface area contributed by atoms with Crippen LogP contribution in [0.25, 0.3) is 98.2 Å². The van der Waals surface area contributed by atoms with Crippen LogP contribution in [0.4, 0.5) is 0 Å². The SMILES string of the molecule is c1ccc(-c2nc(-c3ccc4ccccc4c3)nc(-c3ccc4c(c3)oc3cc(-c5cccc6c5sc5ccccc56)ccc34)n2)cc1. The Hall–Kier alpha value is -6.17. The molecule has 0 fully saturated rings. The number of aromatic nitrogens is 3. The van der Waals surface area contributed by atoms with Gasteiger partial charge in [0.15, 0.2) is 17.5 Å². The highest BCUT2D eigenvalue weighted by Crippen LogP contribution is 2.41. The topological polar surface area (TPSA) is 51.8 Å². The van der Waals surface area contributed by atoms with Gasteiger partial charge in [-0.05, 0) is 58.3 Å². The van der Waals surface area contributed by atoms with Gasteiger partial charge in [-0.1, -0.05) is 115 Å². The monoisotopic (exact) mass is 631 g/mol. The molecule has 48 heavy (non-hydrogen) atoms. The van der Waals surface area contributed by atoms with Crippen LogP contribution in [0.3, 0.4) is 0 Å². The highest BCUT2D eigenvalue weighted by Gasteiger charge is 2.16. The molecule has 0 saturated carbocycles. The van der Waals surface area contributed by atoms with Crippen LogP contribution >= 0.6 is 11.3 Å². The lowest BCUT2D eigenvalue weighted by Crippen LogP contribution is -2.00. The predicted molar refractivity (Wildman–Crippen MR) is 199 cm³/mol. The Balaban J connectivity index is 1.10. The zero-order chi connectivity index (χ0) is 31.6. The molecule has 0 saturated heterocycles. The summed E-state index contributed by atoms with van der Waals surface area (Å²) in [6.45, 7) is 0. The lowest BCUT2D eigenvalue weighted by atomic mass is 10.0. The average Bonchev–Trinajstić information content (AvgIpc) is 3.72. The van der Waals surface area contributed by atoms with Crippen LogP contribution in [0.15, 0.2) is 156 Å². The molecule has 10 aromatic rings. The minimum absolute atomic E-state index is 0.603. The van der Waals surface area contributed by atoms with Crippen LogP contribution in [0.2, 0.25) is 0 Å². The molecule has 0 bridgehead atoms. The summed E-state index contributed by atoms with van der Waals surface area (Å²) >= 11 is 1.84. The first kappa shape index (κ1) is 27.0. The van der Waals surface area contributed by atoms with Crippen molar-refractivity contribution < 1.29 is 4.42 Å². The van der Waals surface area contributed by atoms with Crippen LogP contribution < -0.4 is 0 Å². The number of furan rings is 1. The molecule has 10 rings (SSSR count). The van der Waals surface area contributed by atoms with E-state index in [-0.39, 0.29) is 0 Å². The Morgan fingerprint density at radius 2 is 1.00 bits per heavy atom. The van der Waals surface area contributed by atoms with Crippen molar-refractivity contribution in [3.8, 4) is 45.3 Å². The van der Waals surface area contributed by atoms with Crippen molar-refractivity contribution in [1.82, 2.24) is 15.0 Å². The number of hydrogen-bond acceptors (Lipinski definition) is 5. The van der Waals surface area contributed by atoms with Crippen LogP contribution in [0.1, 0.15) is 0 Å². The van der Waals surface area contributed by atoms with Crippen LogP contribution in [-0.2, 0) is 0 Å². The maximum absolute atomic E-state index is 6.56. The summed E-state index contributed by atoms with van der Waals surface area (Å²) < 4.78 is 9.15. The van der Waals surface area contributed by atoms with E-state index >= 15 is 0 Å². The molecular weight excluding hydrogens is 607 g/mol. The lowest BCUT2D eigenvalue weighted by Gasteiger charge is -2.09. The van der Waals surface area contributed by atoms with Gasteiger partial charge >= 0.3 is 0 Å². The van der Waals surface area contributed by atoms with E-state index in [1.165, 1.54) is 31.1 Å². The molecule has 0 unspecified atom stereocenters. The number of thiophene rings is 1. The first-order valence-electron chi connectivity index (χ1n) is 15.9. The average molecular weight is 632 g/mol. The molecule has 5 heteroatoms. The van der Waals surface area contributed by atoms with Crippen molar-refractivity contribution in [3.05, 3.63) is 152 Å². The summed E-state index contributed by atoms with van der Waals surface area (Å²) in [5.74, 6) is 1.87. The maximum atomic E-state index is 6.56. The second-order valence-corrected chi connectivity index (χ2v) is 13.1. The molecular formula is C43H25N3OS. The van der Waals surface area contributed by atoms with E-state index in [0.717, 1.165) is 49.6 Å². The predicted octanol–water partition coefficient (Wildman–Crippen LogP) is 12.0. The van der Waals surface area contributed by atoms with E-state index < -0.39 is 0 Å². The van der Waals surface area contributed by atoms with Gasteiger partial charge in [0, 0.05) is 47.6 Å². The fraction of sp³-hybridized carbons (Fsp3) is 0. The van der Waals surface area contributed by atoms with Crippen molar-refractivity contribution in [1.29, 1.82) is 0 Å². The third kappa shape index (κ3) is 4.40. The normalized spacial score (nSPS) is 11.8. The second kappa shape index (κ2) is 10.7. The summed E-state index contributed by atoms with van der Waals surface area (Å²) in [4.78, 5) is 14.9. The minimum Gasteiger partial charge on any atom is -0.456 e. The lowest BCUT2D eigenvalue weighted by molar-refractivity contribution is 0.669. The van der Waals surface area contributed by atoms with Gasteiger partial charge in [0.2, 0.25) is 0 Å². The Labute approximate surface area is 279 Å². The number of nitrogens with zero attached hydrogens (tertiary/aromatic N) is 3. The van der Waals surface area contributed by atoms with Gasteiger partial charge in [0.05, 0.1) is 0 Å². The van der Waals surface area contributed by atoms with E-state index in [1.807, 2.05) is 41.7 Å². The number of rotatable bonds is 4. The van der Waals surface area contributed by atoms with Crippen LogP contribution in [0.5, 0.6) is 0 Å². The van der Waals surface area contributed by atoms with Gasteiger partial charge in [0.1, 0.15) is 11.2 Å². The molecule has 3 aromatic heterocycles. The molecule has 0 aliphatic carbocycles. The Kier molecular flexibility index (Phi) is 6.01. The van der Waals surface area contributed by atoms with Crippen LogP contribution in [-0.4, -0.2) is 15.0 Å². The number of benzene rings is 7. The first-order valence-corrected chi connectivity index (χ1v) is 16.7. The van der Waals surface area contributed by atoms with Gasteiger partial charge in [-0.2, -0.15) is 0 Å². The zero-order valence-electron chi connectivity index (χ0n) is 25.6. The fourth-order valence-corrected chi connectivity index (χ4v) is 7.98. The minimum atomic E-state index is 0.603. The van der Waals surface area contributed by atoms with Crippen molar-refractivity contribution in [3.63, 3.8) is 0 Å². The van der Waals surface area contributed by atoms with Gasteiger partial charge in [-0.25, -0.2) is 15.0 Å².